The Hall–Kier alpha value is -4.90. The Bertz CT molecular complexity index is 1820. The van der Waals surface area contributed by atoms with Crippen LogP contribution in [0.15, 0.2) is 66.9 Å². The summed E-state index contributed by atoms with van der Waals surface area (Å²) in [5.74, 6) is -1.02. The van der Waals surface area contributed by atoms with E-state index in [1.807, 2.05) is 0 Å². The molecule has 0 aliphatic heterocycles. The highest BCUT2D eigenvalue weighted by Crippen LogP contribution is 2.49. The third-order valence-corrected chi connectivity index (χ3v) is 8.46. The van der Waals surface area contributed by atoms with Crippen molar-refractivity contribution in [2.75, 3.05) is 20.3 Å². The molecule has 4 aromatic rings. The number of pyridine rings is 1. The molecule has 2 saturated carbocycles. The molecule has 11 heteroatoms. The number of esters is 1. The van der Waals surface area contributed by atoms with Crippen molar-refractivity contribution in [2.45, 2.75) is 44.1 Å². The monoisotopic (exact) mass is 630 g/mol. The van der Waals surface area contributed by atoms with Gasteiger partial charge < -0.3 is 24.7 Å². The zero-order chi connectivity index (χ0) is 32.5. The number of nitrogens with two attached hydrogens (primary N) is 1. The lowest BCUT2D eigenvalue weighted by Crippen LogP contribution is -2.30. The van der Waals surface area contributed by atoms with Crippen LogP contribution in [0, 0.1) is 17.0 Å². The van der Waals surface area contributed by atoms with Crippen molar-refractivity contribution in [3.63, 3.8) is 0 Å². The van der Waals surface area contributed by atoms with Crippen molar-refractivity contribution < 1.29 is 42.1 Å². The molecule has 3 aromatic carbocycles. The summed E-state index contributed by atoms with van der Waals surface area (Å²) in [5.41, 5.74) is 5.14. The molecule has 0 saturated heterocycles. The van der Waals surface area contributed by atoms with Gasteiger partial charge in [0.15, 0.2) is 34.6 Å². The normalized spacial score (nSPS) is 15.6. The molecule has 0 bridgehead atoms. The van der Waals surface area contributed by atoms with Gasteiger partial charge in [-0.15, -0.1) is 0 Å². The third-order valence-electron chi connectivity index (χ3n) is 8.46. The van der Waals surface area contributed by atoms with Crippen molar-refractivity contribution in [3.05, 3.63) is 89.6 Å². The van der Waals surface area contributed by atoms with E-state index < -0.39 is 28.6 Å². The van der Waals surface area contributed by atoms with Crippen LogP contribution < -0.4 is 19.9 Å². The minimum atomic E-state index is -1.08. The van der Waals surface area contributed by atoms with E-state index in [1.165, 1.54) is 49.7 Å². The molecule has 2 aliphatic carbocycles. The zero-order valence-electron chi connectivity index (χ0n) is 25.1. The molecular formula is C35H32F2N2O7. The Morgan fingerprint density at radius 1 is 0.826 bits per heavy atom. The van der Waals surface area contributed by atoms with E-state index in [0.717, 1.165) is 0 Å². The van der Waals surface area contributed by atoms with Crippen LogP contribution in [-0.2, 0) is 32.0 Å². The first-order valence-electron chi connectivity index (χ1n) is 14.9. The molecule has 46 heavy (non-hydrogen) atoms. The predicted octanol–water partition coefficient (Wildman–Crippen LogP) is 5.43. The SMILES string of the molecule is COc1cc2c(Oc3ccc(CC(=O)C4(C(=O)Cc5ccc(F)cc5)CC4)cc3F)ccnc2cc1OCC1(OC(=O)CN)CC1. The summed E-state index contributed by atoms with van der Waals surface area (Å²) in [7, 11) is 1.48. The number of carbonyl (C=O) groups is 3. The fourth-order valence-electron chi connectivity index (χ4n) is 5.40. The van der Waals surface area contributed by atoms with E-state index in [0.29, 0.717) is 65.0 Å². The number of methoxy groups -OCH3 is 1. The first-order chi connectivity index (χ1) is 22.1. The van der Waals surface area contributed by atoms with Gasteiger partial charge in [-0.05, 0) is 73.2 Å². The number of benzene rings is 3. The molecule has 6 rings (SSSR count). The standard InChI is InChI=1S/C35H32F2N2O7/c1-43-29-17-24-26(18-30(29)44-20-34(9-10-34)46-33(42)19-38)39-13-8-27(24)45-28-7-4-22(14-25(28)37)16-32(41)35(11-12-35)31(40)15-21-2-5-23(36)6-3-21/h2-8,13-14,17-18H,9-12,15-16,19-20,38H2,1H3. The van der Waals surface area contributed by atoms with Gasteiger partial charge >= 0.3 is 5.97 Å². The van der Waals surface area contributed by atoms with E-state index >= 15 is 4.39 Å². The lowest BCUT2D eigenvalue weighted by atomic mass is 9.88. The number of fused-ring (bicyclic) bond motifs is 1. The second kappa shape index (κ2) is 12.5. The maximum Gasteiger partial charge on any atom is 0.320 e. The number of halogens is 2. The summed E-state index contributed by atoms with van der Waals surface area (Å²) in [5, 5.41) is 0.538. The average molecular weight is 631 g/mol. The summed E-state index contributed by atoms with van der Waals surface area (Å²) in [6, 6.07) is 14.8. The predicted molar refractivity (Wildman–Crippen MR) is 163 cm³/mol. The first-order valence-corrected chi connectivity index (χ1v) is 14.9. The maximum absolute atomic E-state index is 15.3. The van der Waals surface area contributed by atoms with E-state index in [4.69, 9.17) is 24.7 Å². The number of hydrogen-bond donors (Lipinski definition) is 1. The zero-order valence-corrected chi connectivity index (χ0v) is 25.1. The lowest BCUT2D eigenvalue weighted by molar-refractivity contribution is -0.151. The molecule has 2 fully saturated rings. The molecule has 2 aliphatic rings. The fourth-order valence-corrected chi connectivity index (χ4v) is 5.40. The number of hydrogen-bond acceptors (Lipinski definition) is 9. The first kappa shape index (κ1) is 31.1. The maximum atomic E-state index is 15.3. The largest absolute Gasteiger partial charge is 0.493 e. The van der Waals surface area contributed by atoms with E-state index in [1.54, 1.807) is 24.3 Å². The quantitative estimate of drug-likeness (QED) is 0.143. The van der Waals surface area contributed by atoms with Crippen molar-refractivity contribution in [2.24, 2.45) is 11.1 Å². The van der Waals surface area contributed by atoms with E-state index in [2.05, 4.69) is 4.98 Å². The second-order valence-electron chi connectivity index (χ2n) is 11.8. The second-order valence-corrected chi connectivity index (χ2v) is 11.8. The number of carbonyl (C=O) groups excluding carboxylic acids is 3. The van der Waals surface area contributed by atoms with Gasteiger partial charge in [-0.25, -0.2) is 8.78 Å². The van der Waals surface area contributed by atoms with Crippen molar-refractivity contribution in [3.8, 4) is 23.0 Å². The molecule has 2 N–H and O–H groups in total. The third kappa shape index (κ3) is 6.55. The van der Waals surface area contributed by atoms with Gasteiger partial charge in [0.25, 0.3) is 0 Å². The molecule has 0 spiro atoms. The van der Waals surface area contributed by atoms with Crippen molar-refractivity contribution in [1.82, 2.24) is 4.98 Å². The minimum Gasteiger partial charge on any atom is -0.493 e. The van der Waals surface area contributed by atoms with Crippen LogP contribution in [0.5, 0.6) is 23.0 Å². The van der Waals surface area contributed by atoms with Gasteiger partial charge in [-0.1, -0.05) is 18.2 Å². The lowest BCUT2D eigenvalue weighted by Gasteiger charge is -2.19. The molecule has 238 valence electrons. The van der Waals surface area contributed by atoms with Gasteiger partial charge in [0.1, 0.15) is 23.8 Å². The van der Waals surface area contributed by atoms with Crippen molar-refractivity contribution in [1.29, 1.82) is 0 Å². The number of aromatic nitrogens is 1. The van der Waals surface area contributed by atoms with Crippen LogP contribution in [-0.4, -0.2) is 48.4 Å². The van der Waals surface area contributed by atoms with Crippen LogP contribution in [0.25, 0.3) is 10.9 Å². The number of Topliss-reactive ketones (excluding diaryl/α,β-unsaturated/α-hetero) is 2. The Morgan fingerprint density at radius 2 is 1.52 bits per heavy atom. The highest BCUT2D eigenvalue weighted by molar-refractivity contribution is 6.11. The van der Waals surface area contributed by atoms with Crippen LogP contribution >= 0.6 is 0 Å². The highest BCUT2D eigenvalue weighted by Gasteiger charge is 2.54. The van der Waals surface area contributed by atoms with Crippen LogP contribution in [0.3, 0.4) is 0 Å². The molecule has 1 aromatic heterocycles. The van der Waals surface area contributed by atoms with Gasteiger partial charge in [-0.2, -0.15) is 0 Å². The minimum absolute atomic E-state index is 0.0381. The topological polar surface area (TPSA) is 127 Å². The Labute approximate surface area is 263 Å². The van der Waals surface area contributed by atoms with Crippen LogP contribution in [0.2, 0.25) is 0 Å². The van der Waals surface area contributed by atoms with Gasteiger partial charge in [0.2, 0.25) is 0 Å². The van der Waals surface area contributed by atoms with E-state index in [-0.39, 0.29) is 43.3 Å². The average Bonchev–Trinajstić information content (AvgIpc) is 3.99. The number of rotatable bonds is 14. The molecule has 9 nitrogen and oxygen atoms in total. The smallest absolute Gasteiger partial charge is 0.320 e. The van der Waals surface area contributed by atoms with Crippen LogP contribution in [0.4, 0.5) is 8.78 Å². The molecule has 0 amide bonds. The van der Waals surface area contributed by atoms with Gasteiger partial charge in [0.05, 0.1) is 24.6 Å². The number of ketones is 2. The number of ether oxygens (including phenoxy) is 4. The summed E-state index contributed by atoms with van der Waals surface area (Å²) < 4.78 is 51.4. The molecule has 0 atom stereocenters. The number of nitrogens with zero attached hydrogens (tertiary/aromatic N) is 1. The molecule has 1 heterocycles. The Balaban J connectivity index is 1.14. The summed E-state index contributed by atoms with van der Waals surface area (Å²) in [6.07, 6.45) is 3.68. The molecule has 0 unspecified atom stereocenters. The Kier molecular flexibility index (Phi) is 8.43. The van der Waals surface area contributed by atoms with Crippen molar-refractivity contribution >= 4 is 28.4 Å². The molecule has 0 radical (unpaired) electrons. The van der Waals surface area contributed by atoms with E-state index in [9.17, 15) is 18.8 Å². The molecular weight excluding hydrogens is 598 g/mol. The summed E-state index contributed by atoms with van der Waals surface area (Å²) in [4.78, 5) is 42.2. The van der Waals surface area contributed by atoms with Crippen LogP contribution in [0.1, 0.15) is 36.8 Å². The Morgan fingerprint density at radius 3 is 2.15 bits per heavy atom. The van der Waals surface area contributed by atoms with Gasteiger partial charge in [-0.3, -0.25) is 19.4 Å². The fraction of sp³-hybridized carbons (Fsp3) is 0.314. The summed E-state index contributed by atoms with van der Waals surface area (Å²) in [6.45, 7) is -0.0860. The highest BCUT2D eigenvalue weighted by atomic mass is 19.1. The van der Waals surface area contributed by atoms with Gasteiger partial charge in [0, 0.05) is 30.5 Å². The summed E-state index contributed by atoms with van der Waals surface area (Å²) >= 11 is 0.